The van der Waals surface area contributed by atoms with Crippen LogP contribution in [0.5, 0.6) is 0 Å². The number of nitrogens with one attached hydrogen (secondary N) is 1. The molecule has 0 aromatic heterocycles. The topological polar surface area (TPSA) is 175 Å². The van der Waals surface area contributed by atoms with Gasteiger partial charge in [-0.2, -0.15) is 0 Å². The molecule has 1 fully saturated rings. The van der Waals surface area contributed by atoms with Gasteiger partial charge in [-0.15, -0.1) is 0 Å². The first-order valence-electron chi connectivity index (χ1n) is 38.4. The van der Waals surface area contributed by atoms with Crippen LogP contribution in [0.25, 0.3) is 0 Å². The van der Waals surface area contributed by atoms with Crippen molar-refractivity contribution in [3.05, 3.63) is 48.6 Å². The number of ether oxygens (including phenoxy) is 3. The lowest BCUT2D eigenvalue weighted by Gasteiger charge is -2.41. The van der Waals surface area contributed by atoms with Crippen molar-refractivity contribution in [2.24, 2.45) is 0 Å². The minimum Gasteiger partial charge on any atom is -0.454 e. The number of esters is 1. The molecule has 11 heteroatoms. The maximum atomic E-state index is 13.5. The number of rotatable bonds is 67. The van der Waals surface area contributed by atoms with Crippen molar-refractivity contribution in [1.29, 1.82) is 0 Å². The van der Waals surface area contributed by atoms with Crippen molar-refractivity contribution in [3.63, 3.8) is 0 Å². The van der Waals surface area contributed by atoms with Crippen LogP contribution in [0.3, 0.4) is 0 Å². The first kappa shape index (κ1) is 84.6. The Balaban J connectivity index is 2.53. The summed E-state index contributed by atoms with van der Waals surface area (Å²) in [4.78, 5) is 26.7. The van der Waals surface area contributed by atoms with E-state index in [1.165, 1.54) is 263 Å². The van der Waals surface area contributed by atoms with Crippen LogP contribution >= 0.6 is 0 Å². The maximum absolute atomic E-state index is 13.5. The quantitative estimate of drug-likeness (QED) is 0.0195. The molecule has 1 saturated heterocycles. The van der Waals surface area contributed by atoms with Gasteiger partial charge in [-0.1, -0.05) is 333 Å². The summed E-state index contributed by atoms with van der Waals surface area (Å²) in [7, 11) is 0. The molecule has 0 aromatic carbocycles. The molecule has 0 bridgehead atoms. The molecule has 8 unspecified atom stereocenters. The lowest BCUT2D eigenvalue weighted by atomic mass is 9.99. The molecule has 1 aliphatic rings. The first-order chi connectivity index (χ1) is 43.7. The molecule has 11 nitrogen and oxygen atoms in total. The number of amides is 1. The van der Waals surface area contributed by atoms with Crippen LogP contribution in [-0.2, 0) is 23.8 Å². The second-order valence-electron chi connectivity index (χ2n) is 26.7. The van der Waals surface area contributed by atoms with Crippen LogP contribution in [0.15, 0.2) is 48.6 Å². The van der Waals surface area contributed by atoms with Crippen LogP contribution in [0.2, 0.25) is 0 Å². The van der Waals surface area contributed by atoms with Crippen molar-refractivity contribution >= 4 is 11.9 Å². The van der Waals surface area contributed by atoms with Crippen LogP contribution in [-0.4, -0.2) is 99.6 Å². The van der Waals surface area contributed by atoms with Gasteiger partial charge in [0.25, 0.3) is 0 Å². The fraction of sp³-hybridized carbons (Fsp3) is 0.872. The highest BCUT2D eigenvalue weighted by Crippen LogP contribution is 2.27. The van der Waals surface area contributed by atoms with Crippen molar-refractivity contribution in [2.45, 2.75) is 423 Å². The molecule has 0 spiro atoms. The maximum Gasteiger partial charge on any atom is 0.306 e. The molecule has 0 aromatic rings. The smallest absolute Gasteiger partial charge is 0.306 e. The number of carbonyl (C=O) groups excluding carboxylic acids is 2. The Labute approximate surface area is 548 Å². The van der Waals surface area contributed by atoms with Gasteiger partial charge in [0.15, 0.2) is 12.4 Å². The van der Waals surface area contributed by atoms with Gasteiger partial charge in [-0.05, 0) is 83.5 Å². The van der Waals surface area contributed by atoms with E-state index in [2.05, 4.69) is 62.5 Å². The molecule has 6 N–H and O–H groups in total. The Morgan fingerprint density at radius 3 is 1.18 bits per heavy atom. The Hall–Kier alpha value is -2.38. The average molecular weight is 1260 g/mol. The van der Waals surface area contributed by atoms with Gasteiger partial charge in [-0.25, -0.2) is 0 Å². The van der Waals surface area contributed by atoms with Gasteiger partial charge >= 0.3 is 5.97 Å². The second kappa shape index (κ2) is 65.7. The molecule has 1 heterocycles. The minimum absolute atomic E-state index is 0.126. The molecule has 8 atom stereocenters. The number of carbonyl (C=O) groups is 2. The van der Waals surface area contributed by atoms with Crippen molar-refractivity contribution in [3.8, 4) is 0 Å². The lowest BCUT2D eigenvalue weighted by molar-refractivity contribution is -0.305. The van der Waals surface area contributed by atoms with E-state index in [1.807, 2.05) is 6.08 Å². The molecular formula is C78H145NO10. The molecule has 0 radical (unpaired) electrons. The largest absolute Gasteiger partial charge is 0.454 e. The summed E-state index contributed by atoms with van der Waals surface area (Å²) in [5.74, 6) is -1.18. The van der Waals surface area contributed by atoms with E-state index >= 15 is 0 Å². The van der Waals surface area contributed by atoms with E-state index in [-0.39, 0.29) is 13.0 Å². The monoisotopic (exact) mass is 1260 g/mol. The SMILES string of the molecule is CCCCC/C=C\C/C=C\CCCCCCCCCCCCCCCCCCC(O)C(=O)NC(COC1OC(CO)C(O)C(O)C1OC(=O)CCCCCCCCCCCCC/C=C/CCCCCCCC)C(O)/C=C/CCCCCCCCCCCCC. The van der Waals surface area contributed by atoms with E-state index < -0.39 is 67.4 Å². The van der Waals surface area contributed by atoms with E-state index in [0.29, 0.717) is 19.3 Å². The van der Waals surface area contributed by atoms with E-state index in [9.17, 15) is 35.1 Å². The summed E-state index contributed by atoms with van der Waals surface area (Å²) in [5, 5.41) is 57.4. The third kappa shape index (κ3) is 52.7. The Morgan fingerprint density at radius 1 is 0.438 bits per heavy atom. The van der Waals surface area contributed by atoms with Gasteiger partial charge in [0.2, 0.25) is 5.91 Å². The van der Waals surface area contributed by atoms with Crippen LogP contribution in [0.1, 0.15) is 374 Å². The summed E-state index contributed by atoms with van der Waals surface area (Å²) >= 11 is 0. The lowest BCUT2D eigenvalue weighted by Crippen LogP contribution is -2.61. The third-order valence-corrected chi connectivity index (χ3v) is 18.2. The summed E-state index contributed by atoms with van der Waals surface area (Å²) < 4.78 is 17.7. The van der Waals surface area contributed by atoms with Crippen molar-refractivity contribution in [2.75, 3.05) is 13.2 Å². The number of hydrogen-bond acceptors (Lipinski definition) is 10. The number of hydrogen-bond donors (Lipinski definition) is 6. The first-order valence-corrected chi connectivity index (χ1v) is 38.4. The summed E-state index contributed by atoms with van der Waals surface area (Å²) in [6.07, 6.45) is 73.0. The highest BCUT2D eigenvalue weighted by molar-refractivity contribution is 5.80. The Morgan fingerprint density at radius 2 is 0.775 bits per heavy atom. The molecule has 0 aliphatic carbocycles. The zero-order valence-electron chi connectivity index (χ0n) is 58.3. The summed E-state index contributed by atoms with van der Waals surface area (Å²) in [6, 6.07) is -1.02. The predicted octanol–water partition coefficient (Wildman–Crippen LogP) is 20.3. The zero-order chi connectivity index (χ0) is 64.6. The Bertz CT molecular complexity index is 1640. The number of unbranched alkanes of at least 4 members (excludes halogenated alkanes) is 47. The van der Waals surface area contributed by atoms with Gasteiger partial charge < -0.3 is 45.1 Å². The van der Waals surface area contributed by atoms with Crippen LogP contribution < -0.4 is 5.32 Å². The van der Waals surface area contributed by atoms with Gasteiger partial charge in [0.05, 0.1) is 25.4 Å². The van der Waals surface area contributed by atoms with Gasteiger partial charge in [0, 0.05) is 6.42 Å². The second-order valence-corrected chi connectivity index (χ2v) is 26.7. The van der Waals surface area contributed by atoms with Crippen molar-refractivity contribution in [1.82, 2.24) is 5.32 Å². The number of aliphatic hydroxyl groups excluding tert-OH is 5. The van der Waals surface area contributed by atoms with Gasteiger partial charge in [0.1, 0.15) is 24.4 Å². The molecule has 0 saturated carbocycles. The zero-order valence-corrected chi connectivity index (χ0v) is 58.3. The highest BCUT2D eigenvalue weighted by atomic mass is 16.7. The van der Waals surface area contributed by atoms with E-state index in [4.69, 9.17) is 14.2 Å². The number of aliphatic hydroxyl groups is 5. The molecular weight excluding hydrogens is 1110 g/mol. The summed E-state index contributed by atoms with van der Waals surface area (Å²) in [5.41, 5.74) is 0. The standard InChI is InChI=1S/C78H145NO10/c1-4-7-10-13-16-19-22-25-27-29-31-33-34-35-36-37-39-40-42-44-47-50-53-56-59-62-65-71(82)77(86)79-69(70(81)64-61-58-55-52-49-46-24-21-18-15-12-9-6-3)68-87-78-76(75(85)74(84)72(67-80)88-78)89-73(83)66-63-60-57-54-51-48-45-43-41-38-32-30-28-26-23-20-17-14-11-8-5-2/h16,19,25-28,61,64,69-72,74-76,78,80-82,84-85H,4-15,17-18,20-24,29-60,62-63,65-68H2,1-3H3,(H,79,86)/b19-16-,27-25-,28-26+,64-61+. The van der Waals surface area contributed by atoms with Crippen LogP contribution in [0, 0.1) is 0 Å². The fourth-order valence-corrected chi connectivity index (χ4v) is 12.2. The molecule has 522 valence electrons. The number of allylic oxidation sites excluding steroid dienone is 7. The predicted molar refractivity (Wildman–Crippen MR) is 375 cm³/mol. The van der Waals surface area contributed by atoms with E-state index in [0.717, 1.165) is 64.2 Å². The normalized spacial score (nSPS) is 18.3. The van der Waals surface area contributed by atoms with Crippen LogP contribution in [0.4, 0.5) is 0 Å². The molecule has 1 aliphatic heterocycles. The van der Waals surface area contributed by atoms with E-state index in [1.54, 1.807) is 6.08 Å². The molecule has 1 rings (SSSR count). The average Bonchev–Trinajstić information content (AvgIpc) is 3.11. The molecule has 89 heavy (non-hydrogen) atoms. The molecule has 1 amide bonds. The van der Waals surface area contributed by atoms with Crippen molar-refractivity contribution < 1.29 is 49.3 Å². The van der Waals surface area contributed by atoms with Gasteiger partial charge in [-0.3, -0.25) is 9.59 Å². The fourth-order valence-electron chi connectivity index (χ4n) is 12.2. The third-order valence-electron chi connectivity index (χ3n) is 18.2. The summed E-state index contributed by atoms with van der Waals surface area (Å²) in [6.45, 7) is 5.83. The highest BCUT2D eigenvalue weighted by Gasteiger charge is 2.47. The minimum atomic E-state index is -1.61. The Kier molecular flexibility index (Phi) is 62.4.